The fraction of sp³-hybridized carbons (Fsp3) is 1.00. The fourth-order valence-electron chi connectivity index (χ4n) is 1.95. The van der Waals surface area contributed by atoms with Crippen molar-refractivity contribution in [2.24, 2.45) is 23.5 Å². The largest absolute Gasteiger partial charge is 0.330 e. The summed E-state index contributed by atoms with van der Waals surface area (Å²) in [4.78, 5) is 0. The Morgan fingerprint density at radius 2 is 1.45 bits per heavy atom. The molecule has 0 aromatic carbocycles. The van der Waals surface area contributed by atoms with Crippen molar-refractivity contribution in [2.75, 3.05) is 6.54 Å². The monoisotopic (exact) mass is 155 g/mol. The van der Waals surface area contributed by atoms with E-state index in [1.165, 1.54) is 25.7 Å². The van der Waals surface area contributed by atoms with Crippen molar-refractivity contribution in [3.8, 4) is 0 Å². The van der Waals surface area contributed by atoms with Crippen LogP contribution in [0.4, 0.5) is 0 Å². The van der Waals surface area contributed by atoms with E-state index in [2.05, 4.69) is 13.8 Å². The highest BCUT2D eigenvalue weighted by Gasteiger charge is 2.20. The molecule has 0 radical (unpaired) electrons. The van der Waals surface area contributed by atoms with Crippen molar-refractivity contribution in [1.82, 2.24) is 0 Å². The van der Waals surface area contributed by atoms with Crippen LogP contribution < -0.4 is 5.73 Å². The summed E-state index contributed by atoms with van der Waals surface area (Å²) in [6, 6.07) is 0. The molecule has 0 heterocycles. The molecule has 0 saturated heterocycles. The van der Waals surface area contributed by atoms with E-state index in [4.69, 9.17) is 5.73 Å². The van der Waals surface area contributed by atoms with Crippen LogP contribution in [0, 0.1) is 17.8 Å². The lowest BCUT2D eigenvalue weighted by atomic mass is 9.92. The van der Waals surface area contributed by atoms with Gasteiger partial charge >= 0.3 is 0 Å². The smallest absolute Gasteiger partial charge is 0.00489 e. The second-order valence-electron chi connectivity index (χ2n) is 4.21. The fourth-order valence-corrected chi connectivity index (χ4v) is 1.95. The van der Waals surface area contributed by atoms with Crippen molar-refractivity contribution in [3.63, 3.8) is 0 Å². The van der Waals surface area contributed by atoms with E-state index in [0.717, 1.165) is 24.3 Å². The maximum absolute atomic E-state index is 5.66. The Balaban J connectivity index is 2.38. The topological polar surface area (TPSA) is 26.0 Å². The highest BCUT2D eigenvalue weighted by atomic mass is 14.5. The Hall–Kier alpha value is -0.0400. The molecule has 66 valence electrons. The van der Waals surface area contributed by atoms with E-state index in [9.17, 15) is 0 Å². The van der Waals surface area contributed by atoms with Gasteiger partial charge in [0, 0.05) is 0 Å². The SMILES string of the molecule is CC1CCC(CN)CCC1C. The summed E-state index contributed by atoms with van der Waals surface area (Å²) in [7, 11) is 0. The summed E-state index contributed by atoms with van der Waals surface area (Å²) in [5.74, 6) is 2.67. The minimum absolute atomic E-state index is 0.822. The Morgan fingerprint density at radius 1 is 1.00 bits per heavy atom. The summed E-state index contributed by atoms with van der Waals surface area (Å²) in [5, 5.41) is 0. The van der Waals surface area contributed by atoms with Crippen LogP contribution in [0.1, 0.15) is 39.5 Å². The molecular formula is C10H21N. The standard InChI is InChI=1S/C10H21N/c1-8-3-5-10(7-11)6-4-9(8)2/h8-10H,3-7,11H2,1-2H3. The van der Waals surface area contributed by atoms with Gasteiger partial charge in [0.2, 0.25) is 0 Å². The molecule has 1 fully saturated rings. The lowest BCUT2D eigenvalue weighted by Crippen LogP contribution is -2.13. The quantitative estimate of drug-likeness (QED) is 0.578. The zero-order chi connectivity index (χ0) is 8.27. The molecule has 1 nitrogen and oxygen atoms in total. The van der Waals surface area contributed by atoms with Gasteiger partial charge < -0.3 is 5.73 Å². The van der Waals surface area contributed by atoms with Gasteiger partial charge in [0.05, 0.1) is 0 Å². The molecule has 0 aliphatic heterocycles. The molecule has 0 bridgehead atoms. The van der Waals surface area contributed by atoms with Crippen LogP contribution in [0.5, 0.6) is 0 Å². The van der Waals surface area contributed by atoms with Gasteiger partial charge in [-0.15, -0.1) is 0 Å². The van der Waals surface area contributed by atoms with E-state index in [1.807, 2.05) is 0 Å². The van der Waals surface area contributed by atoms with Crippen LogP contribution in [0.3, 0.4) is 0 Å². The van der Waals surface area contributed by atoms with Crippen molar-refractivity contribution >= 4 is 0 Å². The number of nitrogens with two attached hydrogens (primary N) is 1. The van der Waals surface area contributed by atoms with Crippen molar-refractivity contribution in [2.45, 2.75) is 39.5 Å². The number of hydrogen-bond acceptors (Lipinski definition) is 1. The zero-order valence-electron chi connectivity index (χ0n) is 7.84. The molecule has 0 aromatic heterocycles. The average Bonchev–Trinajstić information content (AvgIpc) is 2.16. The maximum Gasteiger partial charge on any atom is -0.00489 e. The predicted molar refractivity (Wildman–Crippen MR) is 49.3 cm³/mol. The van der Waals surface area contributed by atoms with Gasteiger partial charge in [0.1, 0.15) is 0 Å². The third-order valence-electron chi connectivity index (χ3n) is 3.37. The minimum atomic E-state index is 0.822. The summed E-state index contributed by atoms with van der Waals surface area (Å²) in [6.07, 6.45) is 5.51. The second-order valence-corrected chi connectivity index (χ2v) is 4.21. The molecule has 0 amide bonds. The summed E-state index contributed by atoms with van der Waals surface area (Å²) >= 11 is 0. The molecule has 1 rings (SSSR count). The summed E-state index contributed by atoms with van der Waals surface area (Å²) in [6.45, 7) is 5.66. The Kier molecular flexibility index (Phi) is 3.38. The Labute approximate surface area is 70.4 Å². The highest BCUT2D eigenvalue weighted by Crippen LogP contribution is 2.30. The van der Waals surface area contributed by atoms with Crippen LogP contribution in [0.2, 0.25) is 0 Å². The van der Waals surface area contributed by atoms with Gasteiger partial charge in [-0.05, 0) is 37.1 Å². The van der Waals surface area contributed by atoms with Gasteiger partial charge in [0.25, 0.3) is 0 Å². The molecule has 2 unspecified atom stereocenters. The molecule has 0 spiro atoms. The number of hydrogen-bond donors (Lipinski definition) is 1. The molecule has 0 aromatic rings. The maximum atomic E-state index is 5.66. The van der Waals surface area contributed by atoms with E-state index in [0.29, 0.717) is 0 Å². The van der Waals surface area contributed by atoms with Crippen LogP contribution in [-0.4, -0.2) is 6.54 Å². The van der Waals surface area contributed by atoms with Gasteiger partial charge in [-0.25, -0.2) is 0 Å². The third kappa shape index (κ3) is 2.48. The van der Waals surface area contributed by atoms with Gasteiger partial charge in [-0.3, -0.25) is 0 Å². The van der Waals surface area contributed by atoms with Crippen molar-refractivity contribution in [1.29, 1.82) is 0 Å². The van der Waals surface area contributed by atoms with Gasteiger partial charge in [-0.1, -0.05) is 26.7 Å². The molecular weight excluding hydrogens is 134 g/mol. The first-order chi connectivity index (χ1) is 5.24. The molecule has 11 heavy (non-hydrogen) atoms. The average molecular weight is 155 g/mol. The van der Waals surface area contributed by atoms with E-state index < -0.39 is 0 Å². The molecule has 1 saturated carbocycles. The minimum Gasteiger partial charge on any atom is -0.330 e. The van der Waals surface area contributed by atoms with Crippen LogP contribution in [0.25, 0.3) is 0 Å². The van der Waals surface area contributed by atoms with Gasteiger partial charge in [0.15, 0.2) is 0 Å². The first kappa shape index (κ1) is 9.05. The first-order valence-electron chi connectivity index (χ1n) is 4.94. The van der Waals surface area contributed by atoms with E-state index >= 15 is 0 Å². The van der Waals surface area contributed by atoms with E-state index in [-0.39, 0.29) is 0 Å². The van der Waals surface area contributed by atoms with Crippen LogP contribution in [0.15, 0.2) is 0 Å². The lowest BCUT2D eigenvalue weighted by molar-refractivity contribution is 0.367. The molecule has 1 aliphatic rings. The Bertz CT molecular complexity index is 99.4. The summed E-state index contributed by atoms with van der Waals surface area (Å²) in [5.41, 5.74) is 5.66. The van der Waals surface area contributed by atoms with Crippen molar-refractivity contribution in [3.05, 3.63) is 0 Å². The highest BCUT2D eigenvalue weighted by molar-refractivity contribution is 4.72. The van der Waals surface area contributed by atoms with E-state index in [1.54, 1.807) is 0 Å². The Morgan fingerprint density at radius 3 is 1.82 bits per heavy atom. The first-order valence-corrected chi connectivity index (χ1v) is 4.94. The van der Waals surface area contributed by atoms with Crippen LogP contribution >= 0.6 is 0 Å². The van der Waals surface area contributed by atoms with Gasteiger partial charge in [-0.2, -0.15) is 0 Å². The summed E-state index contributed by atoms with van der Waals surface area (Å²) < 4.78 is 0. The molecule has 1 aliphatic carbocycles. The molecule has 2 atom stereocenters. The molecule has 1 heteroatoms. The van der Waals surface area contributed by atoms with Crippen molar-refractivity contribution < 1.29 is 0 Å². The second kappa shape index (κ2) is 4.10. The number of rotatable bonds is 1. The normalized spacial score (nSPS) is 40.1. The third-order valence-corrected chi connectivity index (χ3v) is 3.37. The zero-order valence-corrected chi connectivity index (χ0v) is 7.84. The van der Waals surface area contributed by atoms with Crippen LogP contribution in [-0.2, 0) is 0 Å². The predicted octanol–water partition coefficient (Wildman–Crippen LogP) is 2.41. The molecule has 2 N–H and O–H groups in total. The lowest BCUT2D eigenvalue weighted by Gasteiger charge is -2.14.